The molecule has 0 aliphatic carbocycles. The number of amides is 1. The van der Waals surface area contributed by atoms with Crippen LogP contribution < -0.4 is 5.73 Å². The second kappa shape index (κ2) is 5.76. The molecule has 0 saturated carbocycles. The number of rotatable bonds is 3. The summed E-state index contributed by atoms with van der Waals surface area (Å²) in [5.74, 6) is -0.726. The maximum absolute atomic E-state index is 13.0. The lowest BCUT2D eigenvalue weighted by Crippen LogP contribution is -2.41. The average molecular weight is 281 g/mol. The predicted octanol–water partition coefficient (Wildman–Crippen LogP) is 0.545. The first-order chi connectivity index (χ1) is 9.38. The number of likely N-dealkylation sites (tertiary alicyclic amines) is 1. The second-order valence-corrected chi connectivity index (χ2v) is 5.49. The van der Waals surface area contributed by atoms with Gasteiger partial charge in [-0.05, 0) is 38.7 Å². The Labute approximate surface area is 117 Å². The van der Waals surface area contributed by atoms with Crippen molar-refractivity contribution in [3.05, 3.63) is 29.6 Å². The van der Waals surface area contributed by atoms with Gasteiger partial charge in [-0.3, -0.25) is 4.79 Å². The molecule has 6 heteroatoms. The van der Waals surface area contributed by atoms with Crippen molar-refractivity contribution in [2.45, 2.75) is 18.6 Å². The largest absolute Gasteiger partial charge is 0.398 e. The van der Waals surface area contributed by atoms with Gasteiger partial charge >= 0.3 is 0 Å². The minimum absolute atomic E-state index is 0.0584. The van der Waals surface area contributed by atoms with Crippen LogP contribution >= 0.6 is 0 Å². The van der Waals surface area contributed by atoms with Crippen LogP contribution in [0.25, 0.3) is 0 Å². The molecule has 110 valence electrons. The molecule has 1 fully saturated rings. The van der Waals surface area contributed by atoms with Crippen molar-refractivity contribution in [1.82, 2.24) is 9.80 Å². The van der Waals surface area contributed by atoms with Crippen molar-refractivity contribution in [2.24, 2.45) is 0 Å². The summed E-state index contributed by atoms with van der Waals surface area (Å²) in [7, 11) is 3.83. The van der Waals surface area contributed by atoms with E-state index in [-0.39, 0.29) is 29.7 Å². The van der Waals surface area contributed by atoms with Gasteiger partial charge in [-0.15, -0.1) is 0 Å². The highest BCUT2D eigenvalue weighted by molar-refractivity contribution is 5.99. The van der Waals surface area contributed by atoms with Gasteiger partial charge in [-0.25, -0.2) is 4.39 Å². The number of nitrogens with zero attached hydrogens (tertiary/aromatic N) is 2. The molecule has 1 saturated heterocycles. The molecule has 0 bridgehead atoms. The van der Waals surface area contributed by atoms with Gasteiger partial charge in [0.25, 0.3) is 5.91 Å². The number of nitrogen functional groups attached to an aromatic ring is 1. The number of halogens is 1. The molecule has 1 aromatic rings. The van der Waals surface area contributed by atoms with E-state index in [0.29, 0.717) is 13.0 Å². The molecule has 1 aromatic carbocycles. The van der Waals surface area contributed by atoms with Crippen LogP contribution in [0, 0.1) is 5.82 Å². The van der Waals surface area contributed by atoms with Crippen LogP contribution in [0.1, 0.15) is 16.8 Å². The molecule has 1 amide bonds. The van der Waals surface area contributed by atoms with Gasteiger partial charge in [0.15, 0.2) is 0 Å². The van der Waals surface area contributed by atoms with E-state index in [1.807, 2.05) is 19.0 Å². The third-order valence-electron chi connectivity index (χ3n) is 3.47. The van der Waals surface area contributed by atoms with Crippen LogP contribution in [0.2, 0.25) is 0 Å². The number of nitrogens with two attached hydrogens (primary N) is 1. The van der Waals surface area contributed by atoms with Gasteiger partial charge in [0.2, 0.25) is 0 Å². The topological polar surface area (TPSA) is 69.8 Å². The van der Waals surface area contributed by atoms with E-state index in [1.54, 1.807) is 4.90 Å². The highest BCUT2D eigenvalue weighted by atomic mass is 19.1. The smallest absolute Gasteiger partial charge is 0.256 e. The predicted molar refractivity (Wildman–Crippen MR) is 74.8 cm³/mol. The molecule has 1 heterocycles. The molecule has 2 rings (SSSR count). The molecular weight excluding hydrogens is 261 g/mol. The van der Waals surface area contributed by atoms with E-state index >= 15 is 0 Å². The van der Waals surface area contributed by atoms with Crippen molar-refractivity contribution in [3.63, 3.8) is 0 Å². The van der Waals surface area contributed by atoms with Crippen LogP contribution in [0.4, 0.5) is 10.1 Å². The van der Waals surface area contributed by atoms with Gasteiger partial charge in [0.05, 0.1) is 11.7 Å². The molecule has 1 aliphatic heterocycles. The monoisotopic (exact) mass is 281 g/mol. The first kappa shape index (κ1) is 14.7. The minimum Gasteiger partial charge on any atom is -0.398 e. The third-order valence-corrected chi connectivity index (χ3v) is 3.47. The van der Waals surface area contributed by atoms with E-state index in [0.717, 1.165) is 6.07 Å². The number of carbonyl (C=O) groups excluding carboxylic acids is 1. The van der Waals surface area contributed by atoms with Crippen molar-refractivity contribution in [1.29, 1.82) is 0 Å². The summed E-state index contributed by atoms with van der Waals surface area (Å²) < 4.78 is 13.0. The quantitative estimate of drug-likeness (QED) is 0.794. The zero-order valence-corrected chi connectivity index (χ0v) is 11.7. The molecular formula is C14H20FN3O2. The number of likely N-dealkylation sites (N-methyl/N-ethyl adjacent to an activating group) is 1. The number of benzene rings is 1. The Morgan fingerprint density at radius 1 is 1.55 bits per heavy atom. The van der Waals surface area contributed by atoms with Crippen molar-refractivity contribution in [3.8, 4) is 0 Å². The van der Waals surface area contributed by atoms with Crippen molar-refractivity contribution in [2.75, 3.05) is 32.9 Å². The Morgan fingerprint density at radius 2 is 2.25 bits per heavy atom. The highest BCUT2D eigenvalue weighted by Crippen LogP contribution is 2.23. The standard InChI is InChI=1S/C14H20FN3O2/c1-17(2)7-10-6-11(19)8-18(10)14(20)12-4-3-9(15)5-13(12)16/h3-5,10-11,19H,6-8,16H2,1-2H3. The summed E-state index contributed by atoms with van der Waals surface area (Å²) in [6.45, 7) is 0.956. The first-order valence-corrected chi connectivity index (χ1v) is 6.57. The van der Waals surface area contributed by atoms with Crippen LogP contribution in [0.3, 0.4) is 0 Å². The van der Waals surface area contributed by atoms with Gasteiger partial charge in [-0.1, -0.05) is 0 Å². The van der Waals surface area contributed by atoms with Crippen LogP contribution in [0.5, 0.6) is 0 Å². The van der Waals surface area contributed by atoms with Gasteiger partial charge in [0.1, 0.15) is 5.82 Å². The first-order valence-electron chi connectivity index (χ1n) is 6.57. The Hall–Kier alpha value is -1.66. The van der Waals surface area contributed by atoms with Gasteiger partial charge in [-0.2, -0.15) is 0 Å². The van der Waals surface area contributed by atoms with E-state index in [1.165, 1.54) is 12.1 Å². The maximum atomic E-state index is 13.0. The molecule has 0 spiro atoms. The number of anilines is 1. The summed E-state index contributed by atoms with van der Waals surface area (Å²) in [4.78, 5) is 16.1. The Bertz CT molecular complexity index is 507. The number of hydrogen-bond donors (Lipinski definition) is 2. The van der Waals surface area contributed by atoms with E-state index in [9.17, 15) is 14.3 Å². The Morgan fingerprint density at radius 3 is 2.85 bits per heavy atom. The summed E-state index contributed by atoms with van der Waals surface area (Å²) in [6.07, 6.45) is 0.0240. The van der Waals surface area contributed by atoms with E-state index < -0.39 is 11.9 Å². The molecule has 2 unspecified atom stereocenters. The molecule has 0 radical (unpaired) electrons. The fourth-order valence-electron chi connectivity index (χ4n) is 2.62. The SMILES string of the molecule is CN(C)CC1CC(O)CN1C(=O)c1ccc(F)cc1N. The van der Waals surface area contributed by atoms with Crippen LogP contribution in [-0.4, -0.2) is 60.1 Å². The zero-order valence-electron chi connectivity index (χ0n) is 11.7. The molecule has 1 aliphatic rings. The molecule has 20 heavy (non-hydrogen) atoms. The Balaban J connectivity index is 2.22. The van der Waals surface area contributed by atoms with Crippen molar-refractivity contribution < 1.29 is 14.3 Å². The molecule has 2 atom stereocenters. The maximum Gasteiger partial charge on any atom is 0.256 e. The van der Waals surface area contributed by atoms with E-state index in [4.69, 9.17) is 5.73 Å². The highest BCUT2D eigenvalue weighted by Gasteiger charge is 2.35. The molecule has 0 aromatic heterocycles. The van der Waals surface area contributed by atoms with E-state index in [2.05, 4.69) is 0 Å². The fraction of sp³-hybridized carbons (Fsp3) is 0.500. The van der Waals surface area contributed by atoms with Gasteiger partial charge in [0, 0.05) is 24.8 Å². The number of hydrogen-bond acceptors (Lipinski definition) is 4. The summed E-state index contributed by atoms with van der Waals surface area (Å²) in [6, 6.07) is 3.69. The summed E-state index contributed by atoms with van der Waals surface area (Å²) in [5, 5.41) is 9.79. The molecule has 3 N–H and O–H groups in total. The lowest BCUT2D eigenvalue weighted by Gasteiger charge is -2.27. The minimum atomic E-state index is -0.523. The fourth-order valence-corrected chi connectivity index (χ4v) is 2.62. The molecule has 5 nitrogen and oxygen atoms in total. The summed E-state index contributed by atoms with van der Waals surface area (Å²) in [5.41, 5.74) is 6.12. The number of aliphatic hydroxyl groups is 1. The summed E-state index contributed by atoms with van der Waals surface area (Å²) >= 11 is 0. The zero-order chi connectivity index (χ0) is 14.9. The third kappa shape index (κ3) is 3.08. The van der Waals surface area contributed by atoms with Crippen LogP contribution in [0.15, 0.2) is 18.2 Å². The normalized spacial score (nSPS) is 22.6. The van der Waals surface area contributed by atoms with Gasteiger partial charge < -0.3 is 20.6 Å². The number of aliphatic hydroxyl groups excluding tert-OH is 1. The second-order valence-electron chi connectivity index (χ2n) is 5.49. The lowest BCUT2D eigenvalue weighted by molar-refractivity contribution is 0.0700. The van der Waals surface area contributed by atoms with Crippen LogP contribution in [-0.2, 0) is 0 Å². The van der Waals surface area contributed by atoms with Crippen molar-refractivity contribution >= 4 is 11.6 Å². The average Bonchev–Trinajstić information content (AvgIpc) is 2.68. The number of carbonyl (C=O) groups is 1. The number of β-amino-alcohol motifs (C(OH)–C–C–N with tert-alkyl or cyclic N) is 1. The lowest BCUT2D eigenvalue weighted by atomic mass is 10.1. The Kier molecular flexibility index (Phi) is 4.25.